The molecule has 0 saturated carbocycles. The third-order valence-corrected chi connectivity index (χ3v) is 6.30. The van der Waals surface area contributed by atoms with E-state index in [4.69, 9.17) is 12.2 Å². The van der Waals surface area contributed by atoms with Crippen molar-refractivity contribution >= 4 is 50.3 Å². The summed E-state index contributed by atoms with van der Waals surface area (Å²) in [4.78, 5) is 8.01. The number of benzene rings is 1. The van der Waals surface area contributed by atoms with Gasteiger partial charge in [-0.25, -0.2) is 0 Å². The molecule has 1 saturated heterocycles. The molecule has 1 aromatic carbocycles. The van der Waals surface area contributed by atoms with Crippen molar-refractivity contribution in [2.45, 2.75) is 19.0 Å². The number of hydrogen-bond donors (Lipinski definition) is 1. The average molecular weight is 430 g/mol. The maximum atomic E-state index is 5.70. The number of aromatic nitrogens is 1. The highest BCUT2D eigenvalue weighted by Gasteiger charge is 2.41. The van der Waals surface area contributed by atoms with E-state index in [0.717, 1.165) is 20.3 Å². The Morgan fingerprint density at radius 2 is 1.92 bits per heavy atom. The Balaban J connectivity index is 1.81. The van der Waals surface area contributed by atoms with Crippen molar-refractivity contribution in [2.75, 3.05) is 4.90 Å². The van der Waals surface area contributed by atoms with Crippen molar-refractivity contribution in [3.63, 3.8) is 0 Å². The standard InChI is InChI=1S/C19H16BrN3S2/c1-12-5-7-13(8-6-12)23-18(15-9-10-16(20)25-15)17(22-19(23)24)14-4-2-3-11-21-14/h2-11,17-18H,1H3,(H,22,24)/t17-,18-/m1/s1. The number of aryl methyl sites for hydroxylation is 1. The zero-order valence-corrected chi connectivity index (χ0v) is 16.7. The summed E-state index contributed by atoms with van der Waals surface area (Å²) in [5, 5.41) is 4.21. The molecule has 2 aromatic heterocycles. The van der Waals surface area contributed by atoms with Gasteiger partial charge in [-0.1, -0.05) is 23.8 Å². The van der Waals surface area contributed by atoms with E-state index in [0.29, 0.717) is 0 Å². The van der Waals surface area contributed by atoms with E-state index in [-0.39, 0.29) is 12.1 Å². The quantitative estimate of drug-likeness (QED) is 0.564. The second-order valence-electron chi connectivity index (χ2n) is 5.97. The lowest BCUT2D eigenvalue weighted by atomic mass is 10.0. The van der Waals surface area contributed by atoms with E-state index in [2.05, 4.69) is 80.5 Å². The summed E-state index contributed by atoms with van der Waals surface area (Å²) >= 11 is 11.0. The summed E-state index contributed by atoms with van der Waals surface area (Å²) in [6.07, 6.45) is 1.83. The fourth-order valence-electron chi connectivity index (χ4n) is 3.11. The maximum Gasteiger partial charge on any atom is 0.174 e. The van der Waals surface area contributed by atoms with Gasteiger partial charge >= 0.3 is 0 Å². The molecule has 0 bridgehead atoms. The number of pyridine rings is 1. The number of hydrogen-bond acceptors (Lipinski definition) is 3. The van der Waals surface area contributed by atoms with Crippen LogP contribution in [0.5, 0.6) is 0 Å². The zero-order chi connectivity index (χ0) is 17.4. The van der Waals surface area contributed by atoms with Gasteiger partial charge in [-0.05, 0) is 71.5 Å². The Bertz CT molecular complexity index is 893. The SMILES string of the molecule is Cc1ccc(N2C(=S)N[C@H](c3ccccn3)[C@H]2c2ccc(Br)s2)cc1. The Morgan fingerprint density at radius 3 is 2.56 bits per heavy atom. The highest BCUT2D eigenvalue weighted by atomic mass is 79.9. The lowest BCUT2D eigenvalue weighted by Crippen LogP contribution is -2.29. The van der Waals surface area contributed by atoms with Crippen LogP contribution in [0, 0.1) is 6.92 Å². The van der Waals surface area contributed by atoms with Crippen LogP contribution in [0.3, 0.4) is 0 Å². The molecule has 2 atom stereocenters. The van der Waals surface area contributed by atoms with Crippen molar-refractivity contribution in [3.8, 4) is 0 Å². The molecule has 0 spiro atoms. The third kappa shape index (κ3) is 3.21. The van der Waals surface area contributed by atoms with Gasteiger partial charge < -0.3 is 10.2 Å². The number of anilines is 1. The van der Waals surface area contributed by atoms with E-state index in [9.17, 15) is 0 Å². The first-order valence-corrected chi connectivity index (χ1v) is 9.98. The summed E-state index contributed by atoms with van der Waals surface area (Å²) in [7, 11) is 0. The molecule has 0 amide bonds. The summed E-state index contributed by atoms with van der Waals surface area (Å²) in [5.41, 5.74) is 3.32. The normalized spacial score (nSPS) is 19.9. The van der Waals surface area contributed by atoms with Crippen LogP contribution in [0.2, 0.25) is 0 Å². The molecule has 0 unspecified atom stereocenters. The summed E-state index contributed by atoms with van der Waals surface area (Å²) < 4.78 is 1.11. The lowest BCUT2D eigenvalue weighted by Gasteiger charge is -2.27. The van der Waals surface area contributed by atoms with Crippen molar-refractivity contribution in [3.05, 3.63) is 80.7 Å². The van der Waals surface area contributed by atoms with Crippen LogP contribution in [0.1, 0.15) is 28.2 Å². The summed E-state index contributed by atoms with van der Waals surface area (Å²) in [6.45, 7) is 2.09. The molecule has 1 aliphatic rings. The molecule has 4 rings (SSSR count). The van der Waals surface area contributed by atoms with Crippen molar-refractivity contribution in [1.29, 1.82) is 0 Å². The van der Waals surface area contributed by atoms with Crippen molar-refractivity contribution in [2.24, 2.45) is 0 Å². The molecule has 1 fully saturated rings. The molecule has 0 aliphatic carbocycles. The van der Waals surface area contributed by atoms with Crippen LogP contribution in [-0.2, 0) is 0 Å². The Kier molecular flexibility index (Phi) is 4.58. The number of nitrogens with zero attached hydrogens (tertiary/aromatic N) is 2. The highest BCUT2D eigenvalue weighted by molar-refractivity contribution is 9.11. The molecule has 3 heterocycles. The van der Waals surface area contributed by atoms with Gasteiger partial charge in [0.1, 0.15) is 0 Å². The van der Waals surface area contributed by atoms with E-state index >= 15 is 0 Å². The largest absolute Gasteiger partial charge is 0.351 e. The molecule has 25 heavy (non-hydrogen) atoms. The van der Waals surface area contributed by atoms with Gasteiger partial charge in [-0.2, -0.15) is 0 Å². The smallest absolute Gasteiger partial charge is 0.174 e. The van der Waals surface area contributed by atoms with Gasteiger partial charge in [0.15, 0.2) is 5.11 Å². The van der Waals surface area contributed by atoms with Crippen LogP contribution in [-0.4, -0.2) is 10.1 Å². The number of thiophene rings is 1. The third-order valence-electron chi connectivity index (χ3n) is 4.30. The van der Waals surface area contributed by atoms with Gasteiger partial charge in [0.25, 0.3) is 0 Å². The first-order chi connectivity index (χ1) is 12.1. The van der Waals surface area contributed by atoms with Crippen LogP contribution < -0.4 is 10.2 Å². The highest BCUT2D eigenvalue weighted by Crippen LogP contribution is 2.44. The Hall–Kier alpha value is -1.76. The molecule has 6 heteroatoms. The van der Waals surface area contributed by atoms with Gasteiger partial charge in [0.05, 0.1) is 21.6 Å². The topological polar surface area (TPSA) is 28.2 Å². The zero-order valence-electron chi connectivity index (χ0n) is 13.5. The van der Waals surface area contributed by atoms with Crippen molar-refractivity contribution in [1.82, 2.24) is 10.3 Å². The molecular weight excluding hydrogens is 414 g/mol. The minimum Gasteiger partial charge on any atom is -0.351 e. The van der Waals surface area contributed by atoms with Gasteiger partial charge in [0.2, 0.25) is 0 Å². The van der Waals surface area contributed by atoms with Gasteiger partial charge in [-0.3, -0.25) is 4.98 Å². The summed E-state index contributed by atoms with van der Waals surface area (Å²) in [6, 6.07) is 18.8. The fraction of sp³-hybridized carbons (Fsp3) is 0.158. The van der Waals surface area contributed by atoms with E-state index < -0.39 is 0 Å². The van der Waals surface area contributed by atoms with Crippen LogP contribution in [0.15, 0.2) is 64.6 Å². The second-order valence-corrected chi connectivity index (χ2v) is 8.86. The lowest BCUT2D eigenvalue weighted by molar-refractivity contribution is 0.575. The van der Waals surface area contributed by atoms with Crippen molar-refractivity contribution < 1.29 is 0 Å². The predicted octanol–water partition coefficient (Wildman–Crippen LogP) is 5.39. The van der Waals surface area contributed by atoms with Crippen LogP contribution >= 0.6 is 39.5 Å². The minimum absolute atomic E-state index is 0.0144. The van der Waals surface area contributed by atoms with E-state index in [1.54, 1.807) is 11.3 Å². The first kappa shape index (κ1) is 16.7. The minimum atomic E-state index is 0.0144. The fourth-order valence-corrected chi connectivity index (χ4v) is 5.01. The second kappa shape index (κ2) is 6.86. The average Bonchev–Trinajstić information content (AvgIpc) is 3.20. The Morgan fingerprint density at radius 1 is 1.12 bits per heavy atom. The molecule has 126 valence electrons. The first-order valence-electron chi connectivity index (χ1n) is 7.96. The molecule has 0 radical (unpaired) electrons. The predicted molar refractivity (Wildman–Crippen MR) is 111 cm³/mol. The molecule has 3 nitrogen and oxygen atoms in total. The number of rotatable bonds is 3. The van der Waals surface area contributed by atoms with Gasteiger partial charge in [-0.15, -0.1) is 11.3 Å². The summed E-state index contributed by atoms with van der Waals surface area (Å²) in [5.74, 6) is 0. The molecule has 3 aromatic rings. The number of thiocarbonyl (C=S) groups is 1. The van der Waals surface area contributed by atoms with Crippen LogP contribution in [0.25, 0.3) is 0 Å². The molecular formula is C19H16BrN3S2. The van der Waals surface area contributed by atoms with Gasteiger partial charge in [0, 0.05) is 16.8 Å². The number of nitrogens with one attached hydrogen (secondary N) is 1. The monoisotopic (exact) mass is 429 g/mol. The number of halogens is 1. The molecule has 1 N–H and O–H groups in total. The Labute approximate surface area is 164 Å². The van der Waals surface area contributed by atoms with Crippen LogP contribution in [0.4, 0.5) is 5.69 Å². The van der Waals surface area contributed by atoms with E-state index in [1.807, 2.05) is 18.3 Å². The molecule has 1 aliphatic heterocycles. The van der Waals surface area contributed by atoms with E-state index in [1.165, 1.54) is 10.4 Å². The maximum absolute atomic E-state index is 5.70.